The van der Waals surface area contributed by atoms with Crippen molar-refractivity contribution in [1.29, 1.82) is 0 Å². The molecule has 0 bridgehead atoms. The Morgan fingerprint density at radius 2 is 2.31 bits per heavy atom. The minimum atomic E-state index is 0.497. The van der Waals surface area contributed by atoms with Gasteiger partial charge in [0.15, 0.2) is 0 Å². The lowest BCUT2D eigenvalue weighted by Gasteiger charge is -2.15. The molecule has 0 saturated carbocycles. The zero-order chi connectivity index (χ0) is 11.8. The highest BCUT2D eigenvalue weighted by atomic mass is 32.2. The smallest absolute Gasteiger partial charge is 0.202 e. The maximum Gasteiger partial charge on any atom is 0.202 e. The predicted molar refractivity (Wildman–Crippen MR) is 73.2 cm³/mol. The standard InChI is InChI=1S/C12H23N3S/c1-4-8-15-9-7-13-12(15)14-11(3)6-10-16-5-2/h7,9,11H,4-6,8,10H2,1-3H3,(H,13,14). The van der Waals surface area contributed by atoms with E-state index in [4.69, 9.17) is 0 Å². The lowest BCUT2D eigenvalue weighted by molar-refractivity contribution is 0.666. The molecule has 92 valence electrons. The molecule has 1 unspecified atom stereocenters. The Kier molecular flexibility index (Phi) is 6.38. The van der Waals surface area contributed by atoms with E-state index < -0.39 is 0 Å². The van der Waals surface area contributed by atoms with Gasteiger partial charge in [-0.25, -0.2) is 4.98 Å². The number of anilines is 1. The first-order valence-corrected chi connectivity index (χ1v) is 7.28. The Morgan fingerprint density at radius 1 is 1.50 bits per heavy atom. The highest BCUT2D eigenvalue weighted by molar-refractivity contribution is 7.99. The molecule has 3 nitrogen and oxygen atoms in total. The summed E-state index contributed by atoms with van der Waals surface area (Å²) in [6, 6.07) is 0.497. The van der Waals surface area contributed by atoms with Crippen molar-refractivity contribution in [2.24, 2.45) is 0 Å². The topological polar surface area (TPSA) is 29.9 Å². The summed E-state index contributed by atoms with van der Waals surface area (Å²) in [7, 11) is 0. The molecule has 0 aliphatic carbocycles. The Hall–Kier alpha value is -0.640. The van der Waals surface area contributed by atoms with E-state index in [0.29, 0.717) is 6.04 Å². The minimum absolute atomic E-state index is 0.497. The molecular weight excluding hydrogens is 218 g/mol. The van der Waals surface area contributed by atoms with E-state index in [-0.39, 0.29) is 0 Å². The van der Waals surface area contributed by atoms with Gasteiger partial charge in [0.25, 0.3) is 0 Å². The number of hydrogen-bond donors (Lipinski definition) is 1. The van der Waals surface area contributed by atoms with Crippen LogP contribution in [0, 0.1) is 0 Å². The second-order valence-electron chi connectivity index (χ2n) is 3.98. The quantitative estimate of drug-likeness (QED) is 0.709. The van der Waals surface area contributed by atoms with Crippen molar-refractivity contribution in [2.75, 3.05) is 16.8 Å². The molecule has 1 rings (SSSR count). The summed E-state index contributed by atoms with van der Waals surface area (Å²) in [5.41, 5.74) is 0. The second kappa shape index (κ2) is 7.60. The fourth-order valence-corrected chi connectivity index (χ4v) is 2.38. The van der Waals surface area contributed by atoms with Crippen LogP contribution in [-0.4, -0.2) is 27.1 Å². The van der Waals surface area contributed by atoms with Crippen molar-refractivity contribution in [2.45, 2.75) is 46.2 Å². The van der Waals surface area contributed by atoms with E-state index >= 15 is 0 Å². The number of hydrogen-bond acceptors (Lipinski definition) is 3. The molecule has 4 heteroatoms. The summed E-state index contributed by atoms with van der Waals surface area (Å²) in [4.78, 5) is 4.35. The van der Waals surface area contributed by atoms with Gasteiger partial charge in [0.2, 0.25) is 5.95 Å². The molecule has 0 spiro atoms. The maximum atomic E-state index is 4.35. The van der Waals surface area contributed by atoms with Crippen LogP contribution in [0.25, 0.3) is 0 Å². The average Bonchev–Trinajstić information content (AvgIpc) is 2.67. The highest BCUT2D eigenvalue weighted by Gasteiger charge is 2.06. The van der Waals surface area contributed by atoms with E-state index in [1.165, 1.54) is 17.9 Å². The van der Waals surface area contributed by atoms with E-state index in [1.807, 2.05) is 24.2 Å². The molecule has 0 aromatic carbocycles. The number of nitrogens with zero attached hydrogens (tertiary/aromatic N) is 2. The van der Waals surface area contributed by atoms with Gasteiger partial charge >= 0.3 is 0 Å². The van der Waals surface area contributed by atoms with E-state index in [0.717, 1.165) is 18.9 Å². The van der Waals surface area contributed by atoms with Crippen LogP contribution in [0.3, 0.4) is 0 Å². The molecule has 1 atom stereocenters. The minimum Gasteiger partial charge on any atom is -0.353 e. The first kappa shape index (κ1) is 13.4. The van der Waals surface area contributed by atoms with E-state index in [9.17, 15) is 0 Å². The Balaban J connectivity index is 2.36. The predicted octanol–water partition coefficient (Wildman–Crippen LogP) is 3.24. The van der Waals surface area contributed by atoms with Crippen LogP contribution in [0.15, 0.2) is 12.4 Å². The third-order valence-corrected chi connectivity index (χ3v) is 3.39. The summed E-state index contributed by atoms with van der Waals surface area (Å²) in [5.74, 6) is 3.44. The number of imidazole rings is 1. The van der Waals surface area contributed by atoms with Gasteiger partial charge in [-0.1, -0.05) is 13.8 Å². The number of aromatic nitrogens is 2. The Bertz CT molecular complexity index is 286. The first-order chi connectivity index (χ1) is 7.77. The normalized spacial score (nSPS) is 12.7. The number of thioether (sulfide) groups is 1. The van der Waals surface area contributed by atoms with Crippen LogP contribution in [-0.2, 0) is 6.54 Å². The first-order valence-electron chi connectivity index (χ1n) is 6.13. The van der Waals surface area contributed by atoms with Gasteiger partial charge in [-0.15, -0.1) is 0 Å². The molecule has 1 N–H and O–H groups in total. The SMILES string of the molecule is CCCn1ccnc1NC(C)CCSCC. The van der Waals surface area contributed by atoms with Gasteiger partial charge < -0.3 is 9.88 Å². The fraction of sp³-hybridized carbons (Fsp3) is 0.750. The fourth-order valence-electron chi connectivity index (χ4n) is 1.57. The number of aryl methyl sites for hydroxylation is 1. The van der Waals surface area contributed by atoms with E-state index in [2.05, 4.69) is 35.6 Å². The van der Waals surface area contributed by atoms with Crippen molar-refractivity contribution in [3.8, 4) is 0 Å². The molecule has 1 aromatic rings. The van der Waals surface area contributed by atoms with Crippen LogP contribution >= 0.6 is 11.8 Å². The summed E-state index contributed by atoms with van der Waals surface area (Å²) in [5, 5.41) is 3.47. The maximum absolute atomic E-state index is 4.35. The molecule has 1 aromatic heterocycles. The molecule has 0 saturated heterocycles. The largest absolute Gasteiger partial charge is 0.353 e. The van der Waals surface area contributed by atoms with Crippen molar-refractivity contribution in [3.05, 3.63) is 12.4 Å². The summed E-state index contributed by atoms with van der Waals surface area (Å²) in [6.45, 7) is 7.65. The van der Waals surface area contributed by atoms with E-state index in [1.54, 1.807) is 0 Å². The monoisotopic (exact) mass is 241 g/mol. The van der Waals surface area contributed by atoms with Crippen molar-refractivity contribution in [1.82, 2.24) is 9.55 Å². The molecule has 0 aliphatic heterocycles. The van der Waals surface area contributed by atoms with Crippen LogP contribution < -0.4 is 5.32 Å². The summed E-state index contributed by atoms with van der Waals surface area (Å²) < 4.78 is 2.18. The lowest BCUT2D eigenvalue weighted by atomic mass is 10.3. The molecular formula is C12H23N3S. The third-order valence-electron chi connectivity index (χ3n) is 2.45. The van der Waals surface area contributed by atoms with Gasteiger partial charge in [-0.3, -0.25) is 0 Å². The number of nitrogens with one attached hydrogen (secondary N) is 1. The zero-order valence-electron chi connectivity index (χ0n) is 10.6. The Labute approximate surface area is 103 Å². The molecule has 0 amide bonds. The molecule has 0 radical (unpaired) electrons. The second-order valence-corrected chi connectivity index (χ2v) is 5.37. The van der Waals surface area contributed by atoms with Crippen molar-refractivity contribution in [3.63, 3.8) is 0 Å². The van der Waals surface area contributed by atoms with Crippen molar-refractivity contribution < 1.29 is 0 Å². The van der Waals surface area contributed by atoms with Crippen LogP contribution in [0.2, 0.25) is 0 Å². The average molecular weight is 241 g/mol. The summed E-state index contributed by atoms with van der Waals surface area (Å²) >= 11 is 2.00. The van der Waals surface area contributed by atoms with Gasteiger partial charge in [-0.2, -0.15) is 11.8 Å². The highest BCUT2D eigenvalue weighted by Crippen LogP contribution is 2.10. The lowest BCUT2D eigenvalue weighted by Crippen LogP contribution is -2.19. The Morgan fingerprint density at radius 3 is 3.00 bits per heavy atom. The van der Waals surface area contributed by atoms with Gasteiger partial charge in [0, 0.05) is 25.0 Å². The third kappa shape index (κ3) is 4.47. The van der Waals surface area contributed by atoms with Gasteiger partial charge in [0.05, 0.1) is 0 Å². The zero-order valence-corrected chi connectivity index (χ0v) is 11.4. The van der Waals surface area contributed by atoms with Crippen LogP contribution in [0.4, 0.5) is 5.95 Å². The van der Waals surface area contributed by atoms with Crippen molar-refractivity contribution >= 4 is 17.7 Å². The molecule has 16 heavy (non-hydrogen) atoms. The molecule has 1 heterocycles. The molecule has 0 fully saturated rings. The molecule has 0 aliphatic rings. The summed E-state index contributed by atoms with van der Waals surface area (Å²) in [6.07, 6.45) is 6.24. The number of rotatable bonds is 8. The van der Waals surface area contributed by atoms with Crippen LogP contribution in [0.5, 0.6) is 0 Å². The van der Waals surface area contributed by atoms with Crippen LogP contribution in [0.1, 0.15) is 33.6 Å². The van der Waals surface area contributed by atoms with Gasteiger partial charge in [0.1, 0.15) is 0 Å². The van der Waals surface area contributed by atoms with Gasteiger partial charge in [-0.05, 0) is 31.3 Å².